The number of hydrogen-bond donors (Lipinski definition) is 1. The van der Waals surface area contributed by atoms with Gasteiger partial charge >= 0.3 is 0 Å². The van der Waals surface area contributed by atoms with Crippen molar-refractivity contribution in [1.82, 2.24) is 9.88 Å². The first-order valence-electron chi connectivity index (χ1n) is 8.77. The molecule has 0 unspecified atom stereocenters. The number of rotatable bonds is 3. The van der Waals surface area contributed by atoms with E-state index in [1.165, 1.54) is 17.0 Å². The van der Waals surface area contributed by atoms with E-state index in [2.05, 4.69) is 10.3 Å². The summed E-state index contributed by atoms with van der Waals surface area (Å²) in [5, 5.41) is 4.43. The Kier molecular flexibility index (Phi) is 4.11. The summed E-state index contributed by atoms with van der Waals surface area (Å²) in [6, 6.07) is 6.84. The van der Waals surface area contributed by atoms with Crippen molar-refractivity contribution in [3.63, 3.8) is 0 Å². The van der Waals surface area contributed by atoms with E-state index >= 15 is 0 Å². The number of likely N-dealkylation sites (tertiary alicyclic amines) is 1. The smallest absolute Gasteiger partial charge is 0.229 e. The van der Waals surface area contributed by atoms with Gasteiger partial charge in [-0.2, -0.15) is 0 Å². The van der Waals surface area contributed by atoms with E-state index in [4.69, 9.17) is 0 Å². The minimum absolute atomic E-state index is 0.0245. The Morgan fingerprint density at radius 3 is 2.48 bits per heavy atom. The second-order valence-electron chi connectivity index (χ2n) is 6.83. The molecule has 1 saturated carbocycles. The van der Waals surface area contributed by atoms with Crippen LogP contribution in [-0.2, 0) is 9.59 Å². The lowest BCUT2D eigenvalue weighted by molar-refractivity contribution is -0.141. The number of hydrogen-bond acceptors (Lipinski definition) is 4. The van der Waals surface area contributed by atoms with E-state index in [0.29, 0.717) is 18.4 Å². The fourth-order valence-electron chi connectivity index (χ4n) is 3.95. The van der Waals surface area contributed by atoms with E-state index in [-0.39, 0.29) is 29.7 Å². The minimum atomic E-state index is -0.294. The minimum Gasteiger partial charge on any atom is -0.382 e. The molecule has 0 atom stereocenters. The number of nitrogens with zero attached hydrogens (tertiary/aromatic N) is 2. The first-order chi connectivity index (χ1) is 12.1. The SMILES string of the molecule is O=C1CCC(=O)N1C1CCC(Nc2ccnc3cc(F)ccc23)CC1. The van der Waals surface area contributed by atoms with Crippen LogP contribution in [-0.4, -0.2) is 33.8 Å². The maximum absolute atomic E-state index is 13.4. The van der Waals surface area contributed by atoms with Gasteiger partial charge in [0.2, 0.25) is 11.8 Å². The number of anilines is 1. The highest BCUT2D eigenvalue weighted by Gasteiger charge is 2.36. The lowest BCUT2D eigenvalue weighted by atomic mass is 9.90. The van der Waals surface area contributed by atoms with Gasteiger partial charge in [-0.1, -0.05) is 0 Å². The summed E-state index contributed by atoms with van der Waals surface area (Å²) in [6.07, 6.45) is 5.84. The summed E-state index contributed by atoms with van der Waals surface area (Å²) in [5.74, 6) is -0.343. The molecule has 6 heteroatoms. The van der Waals surface area contributed by atoms with Crippen LogP contribution in [0.2, 0.25) is 0 Å². The van der Waals surface area contributed by atoms with Crippen LogP contribution in [0.5, 0.6) is 0 Å². The number of fused-ring (bicyclic) bond motifs is 1. The van der Waals surface area contributed by atoms with Crippen molar-refractivity contribution in [3.05, 3.63) is 36.3 Å². The van der Waals surface area contributed by atoms with Crippen LogP contribution < -0.4 is 5.32 Å². The number of imide groups is 1. The van der Waals surface area contributed by atoms with Crippen LogP contribution in [0.3, 0.4) is 0 Å². The maximum atomic E-state index is 13.4. The Morgan fingerprint density at radius 1 is 1.04 bits per heavy atom. The predicted octanol–water partition coefficient (Wildman–Crippen LogP) is 3.25. The number of aromatic nitrogens is 1. The zero-order valence-corrected chi connectivity index (χ0v) is 13.9. The Morgan fingerprint density at radius 2 is 1.76 bits per heavy atom. The lowest BCUT2D eigenvalue weighted by Crippen LogP contribution is -2.43. The summed E-state index contributed by atoms with van der Waals surface area (Å²) in [7, 11) is 0. The Balaban J connectivity index is 1.44. The fraction of sp³-hybridized carbons (Fsp3) is 0.421. The van der Waals surface area contributed by atoms with Gasteiger partial charge in [-0.15, -0.1) is 0 Å². The summed E-state index contributed by atoms with van der Waals surface area (Å²) < 4.78 is 13.4. The number of nitrogens with one attached hydrogen (secondary N) is 1. The quantitative estimate of drug-likeness (QED) is 0.871. The average Bonchev–Trinajstić information content (AvgIpc) is 2.94. The standard InChI is InChI=1S/C19H20FN3O2/c20-12-1-6-15-16(9-10-21-17(15)11-12)22-13-2-4-14(5-3-13)23-18(24)7-8-19(23)25/h1,6,9-11,13-14H,2-5,7-8H2,(H,21,22). The van der Waals surface area contributed by atoms with Crippen LogP contribution in [0.4, 0.5) is 10.1 Å². The van der Waals surface area contributed by atoms with E-state index in [0.717, 1.165) is 36.8 Å². The molecule has 130 valence electrons. The van der Waals surface area contributed by atoms with Crippen LogP contribution in [0.15, 0.2) is 30.5 Å². The third-order valence-corrected chi connectivity index (χ3v) is 5.22. The monoisotopic (exact) mass is 341 g/mol. The molecular formula is C19H20FN3O2. The lowest BCUT2D eigenvalue weighted by Gasteiger charge is -2.34. The van der Waals surface area contributed by atoms with Gasteiger partial charge in [0, 0.05) is 48.3 Å². The fourth-order valence-corrected chi connectivity index (χ4v) is 3.95. The molecule has 1 N–H and O–H groups in total. The number of benzene rings is 1. The van der Waals surface area contributed by atoms with Gasteiger partial charge in [0.25, 0.3) is 0 Å². The molecule has 0 bridgehead atoms. The number of pyridine rings is 1. The van der Waals surface area contributed by atoms with Gasteiger partial charge in [0.05, 0.1) is 5.52 Å². The predicted molar refractivity (Wildman–Crippen MR) is 92.5 cm³/mol. The van der Waals surface area contributed by atoms with Gasteiger partial charge in [-0.25, -0.2) is 4.39 Å². The largest absolute Gasteiger partial charge is 0.382 e. The molecule has 2 aliphatic rings. The zero-order chi connectivity index (χ0) is 17.4. The molecule has 1 aliphatic heterocycles. The van der Waals surface area contributed by atoms with Crippen molar-refractivity contribution in [1.29, 1.82) is 0 Å². The Labute approximate surface area is 145 Å². The second-order valence-corrected chi connectivity index (χ2v) is 6.83. The third-order valence-electron chi connectivity index (χ3n) is 5.22. The van der Waals surface area contributed by atoms with Crippen LogP contribution in [0, 0.1) is 5.82 Å². The average molecular weight is 341 g/mol. The Bertz CT molecular complexity index is 815. The highest BCUT2D eigenvalue weighted by atomic mass is 19.1. The summed E-state index contributed by atoms with van der Waals surface area (Å²) >= 11 is 0. The number of carbonyl (C=O) groups is 2. The highest BCUT2D eigenvalue weighted by molar-refractivity contribution is 6.02. The number of carbonyl (C=O) groups excluding carboxylic acids is 2. The maximum Gasteiger partial charge on any atom is 0.229 e. The molecule has 2 amide bonds. The molecule has 1 aliphatic carbocycles. The van der Waals surface area contributed by atoms with Crippen molar-refractivity contribution in [3.8, 4) is 0 Å². The molecule has 1 aromatic carbocycles. The molecule has 1 saturated heterocycles. The topological polar surface area (TPSA) is 62.3 Å². The number of amides is 2. The third kappa shape index (κ3) is 3.08. The molecule has 25 heavy (non-hydrogen) atoms. The van der Waals surface area contributed by atoms with Crippen molar-refractivity contribution >= 4 is 28.4 Å². The first kappa shape index (κ1) is 16.0. The van der Waals surface area contributed by atoms with Gasteiger partial charge in [-0.3, -0.25) is 19.5 Å². The summed E-state index contributed by atoms with van der Waals surface area (Å²) in [5.41, 5.74) is 1.58. The molecule has 2 aromatic rings. The summed E-state index contributed by atoms with van der Waals surface area (Å²) in [4.78, 5) is 29.5. The molecule has 4 rings (SSSR count). The van der Waals surface area contributed by atoms with E-state index in [1.54, 1.807) is 12.3 Å². The normalized spacial score (nSPS) is 24.1. The van der Waals surface area contributed by atoms with E-state index in [1.807, 2.05) is 6.07 Å². The van der Waals surface area contributed by atoms with Gasteiger partial charge in [0.15, 0.2) is 0 Å². The highest BCUT2D eigenvalue weighted by Crippen LogP contribution is 2.30. The van der Waals surface area contributed by atoms with Crippen molar-refractivity contribution < 1.29 is 14.0 Å². The van der Waals surface area contributed by atoms with Crippen LogP contribution >= 0.6 is 0 Å². The van der Waals surface area contributed by atoms with Crippen molar-refractivity contribution in [2.24, 2.45) is 0 Å². The van der Waals surface area contributed by atoms with Crippen LogP contribution in [0.1, 0.15) is 38.5 Å². The van der Waals surface area contributed by atoms with Crippen molar-refractivity contribution in [2.75, 3.05) is 5.32 Å². The van der Waals surface area contributed by atoms with Crippen LogP contribution in [0.25, 0.3) is 10.9 Å². The van der Waals surface area contributed by atoms with E-state index in [9.17, 15) is 14.0 Å². The number of halogens is 1. The van der Waals surface area contributed by atoms with Gasteiger partial charge in [0.1, 0.15) is 5.82 Å². The summed E-state index contributed by atoms with van der Waals surface area (Å²) in [6.45, 7) is 0. The molecule has 1 aromatic heterocycles. The van der Waals surface area contributed by atoms with Crippen molar-refractivity contribution in [2.45, 2.75) is 50.6 Å². The van der Waals surface area contributed by atoms with Gasteiger partial charge in [-0.05, 0) is 43.9 Å². The zero-order valence-electron chi connectivity index (χ0n) is 13.9. The first-order valence-corrected chi connectivity index (χ1v) is 8.77. The second kappa shape index (κ2) is 6.43. The van der Waals surface area contributed by atoms with Gasteiger partial charge < -0.3 is 5.32 Å². The van der Waals surface area contributed by atoms with E-state index < -0.39 is 0 Å². The Hall–Kier alpha value is -2.50. The molecule has 0 spiro atoms. The molecule has 2 heterocycles. The molecule has 2 fully saturated rings. The molecule has 5 nitrogen and oxygen atoms in total. The molecular weight excluding hydrogens is 321 g/mol. The molecule has 0 radical (unpaired) electrons.